The number of aliphatic hydroxyl groups is 1. The van der Waals surface area contributed by atoms with E-state index in [4.69, 9.17) is 9.47 Å². The second-order valence-corrected chi connectivity index (χ2v) is 8.09. The van der Waals surface area contributed by atoms with Gasteiger partial charge in [-0.2, -0.15) is 0 Å². The van der Waals surface area contributed by atoms with Crippen LogP contribution in [0, 0.1) is 0 Å². The lowest BCUT2D eigenvalue weighted by atomic mass is 9.49. The Morgan fingerprint density at radius 1 is 1.40 bits per heavy atom. The van der Waals surface area contributed by atoms with Crippen molar-refractivity contribution in [2.24, 2.45) is 0 Å². The van der Waals surface area contributed by atoms with Gasteiger partial charge in [-0.1, -0.05) is 6.92 Å². The molecule has 0 amide bonds. The first-order valence-electron chi connectivity index (χ1n) is 9.44. The molecule has 1 aromatic carbocycles. The molecule has 2 bridgehead atoms. The number of carbonyl (C=O) groups excluding carboxylic acids is 1. The third kappa shape index (κ3) is 1.83. The molecular weight excluding hydrogens is 318 g/mol. The number of hydrogen-bond acceptors (Lipinski definition) is 5. The molecule has 2 aliphatic heterocycles. The molecule has 2 fully saturated rings. The minimum atomic E-state index is -0.838. The number of fused-ring (bicyclic) bond motifs is 3. The minimum absolute atomic E-state index is 0.0727. The van der Waals surface area contributed by atoms with E-state index in [1.807, 2.05) is 6.07 Å². The Morgan fingerprint density at radius 2 is 2.24 bits per heavy atom. The first-order chi connectivity index (χ1) is 12.0. The molecule has 0 spiro atoms. The van der Waals surface area contributed by atoms with E-state index in [-0.39, 0.29) is 11.8 Å². The summed E-state index contributed by atoms with van der Waals surface area (Å²) in [4.78, 5) is 14.9. The lowest BCUT2D eigenvalue weighted by Gasteiger charge is -2.63. The van der Waals surface area contributed by atoms with Gasteiger partial charge in [-0.05, 0) is 50.4 Å². The Bertz CT molecular complexity index is 775. The van der Waals surface area contributed by atoms with Crippen LogP contribution in [0.4, 0.5) is 0 Å². The highest BCUT2D eigenvalue weighted by Crippen LogP contribution is 2.65. The normalized spacial score (nSPS) is 35.3. The molecule has 25 heavy (non-hydrogen) atoms. The van der Waals surface area contributed by atoms with Gasteiger partial charge in [0.1, 0.15) is 5.78 Å². The number of methoxy groups -OCH3 is 1. The predicted molar refractivity (Wildman–Crippen MR) is 92.5 cm³/mol. The van der Waals surface area contributed by atoms with Crippen molar-refractivity contribution in [2.45, 2.75) is 62.5 Å². The van der Waals surface area contributed by atoms with Crippen LogP contribution in [-0.4, -0.2) is 47.6 Å². The molecule has 5 heteroatoms. The van der Waals surface area contributed by atoms with Crippen LogP contribution in [0.25, 0.3) is 0 Å². The van der Waals surface area contributed by atoms with Gasteiger partial charge in [0.05, 0.1) is 12.7 Å². The van der Waals surface area contributed by atoms with Crippen LogP contribution in [0.3, 0.4) is 0 Å². The fourth-order valence-electron chi connectivity index (χ4n) is 5.86. The maximum Gasteiger partial charge on any atom is 0.212 e. The van der Waals surface area contributed by atoms with Crippen molar-refractivity contribution in [1.82, 2.24) is 4.90 Å². The smallest absolute Gasteiger partial charge is 0.212 e. The van der Waals surface area contributed by atoms with E-state index in [1.54, 1.807) is 7.11 Å². The van der Waals surface area contributed by atoms with Gasteiger partial charge in [0, 0.05) is 29.9 Å². The summed E-state index contributed by atoms with van der Waals surface area (Å²) in [6.07, 6.45) is 4.19. The Labute approximate surface area is 147 Å². The number of likely N-dealkylation sites (tertiary alicyclic amines) is 1. The first kappa shape index (κ1) is 15.6. The molecule has 0 aromatic heterocycles. The predicted octanol–water partition coefficient (Wildman–Crippen LogP) is 2.56. The Kier molecular flexibility index (Phi) is 3.12. The van der Waals surface area contributed by atoms with E-state index in [0.717, 1.165) is 55.2 Å². The zero-order valence-electron chi connectivity index (χ0n) is 14.9. The Balaban J connectivity index is 1.72. The largest absolute Gasteiger partial charge is 0.493 e. The molecule has 5 rings (SSSR count). The number of carbonyl (C=O) groups is 1. The van der Waals surface area contributed by atoms with Crippen LogP contribution in [0.1, 0.15) is 50.2 Å². The van der Waals surface area contributed by atoms with Gasteiger partial charge in [-0.3, -0.25) is 9.69 Å². The van der Waals surface area contributed by atoms with Crippen LogP contribution < -0.4 is 9.47 Å². The van der Waals surface area contributed by atoms with Crippen molar-refractivity contribution >= 4 is 5.78 Å². The molecule has 5 nitrogen and oxygen atoms in total. The van der Waals surface area contributed by atoms with Gasteiger partial charge in [0.2, 0.25) is 5.75 Å². The van der Waals surface area contributed by atoms with E-state index < -0.39 is 11.0 Å². The fraction of sp³-hybridized carbons (Fsp3) is 0.650. The lowest BCUT2D eigenvalue weighted by molar-refractivity contribution is -0.172. The van der Waals surface area contributed by atoms with Crippen LogP contribution in [0.15, 0.2) is 6.07 Å². The number of Topliss-reactive ketones (excluding diaryl/α,β-unsaturated/α-hetero) is 1. The van der Waals surface area contributed by atoms with Gasteiger partial charge in [0.25, 0.3) is 0 Å². The molecule has 1 N–H and O–H groups in total. The second kappa shape index (κ2) is 4.98. The Morgan fingerprint density at radius 3 is 3.00 bits per heavy atom. The molecule has 2 aliphatic carbocycles. The minimum Gasteiger partial charge on any atom is -0.493 e. The second-order valence-electron chi connectivity index (χ2n) is 8.09. The molecular formula is C20H25NO4. The molecule has 2 heterocycles. The average molecular weight is 343 g/mol. The Hall–Kier alpha value is -1.59. The number of rotatable bonds is 3. The highest BCUT2D eigenvalue weighted by molar-refractivity contribution is 5.83. The molecule has 3 atom stereocenters. The number of ketones is 1. The van der Waals surface area contributed by atoms with Crippen LogP contribution >= 0.6 is 0 Å². The molecule has 134 valence electrons. The monoisotopic (exact) mass is 343 g/mol. The molecule has 1 aromatic rings. The lowest BCUT2D eigenvalue weighted by Crippen LogP contribution is -2.73. The summed E-state index contributed by atoms with van der Waals surface area (Å²) in [5.74, 6) is 2.77. The fourth-order valence-corrected chi connectivity index (χ4v) is 5.86. The summed E-state index contributed by atoms with van der Waals surface area (Å²) >= 11 is 0. The number of piperidine rings is 1. The van der Waals surface area contributed by atoms with Crippen LogP contribution in [0.5, 0.6) is 17.2 Å². The maximum absolute atomic E-state index is 12.4. The quantitative estimate of drug-likeness (QED) is 0.868. The summed E-state index contributed by atoms with van der Waals surface area (Å²) in [6, 6.07) is 2.11. The third-order valence-electron chi connectivity index (χ3n) is 7.04. The van der Waals surface area contributed by atoms with Crippen molar-refractivity contribution in [3.8, 4) is 17.2 Å². The van der Waals surface area contributed by atoms with Crippen molar-refractivity contribution < 1.29 is 19.4 Å². The molecule has 4 aliphatic rings. The molecule has 0 radical (unpaired) electrons. The van der Waals surface area contributed by atoms with Crippen LogP contribution in [-0.2, 0) is 16.6 Å². The van der Waals surface area contributed by atoms with Crippen molar-refractivity contribution in [2.75, 3.05) is 20.2 Å². The van der Waals surface area contributed by atoms with Crippen molar-refractivity contribution in [3.63, 3.8) is 0 Å². The first-order valence-corrected chi connectivity index (χ1v) is 9.44. The maximum atomic E-state index is 12.4. The van der Waals surface area contributed by atoms with E-state index >= 15 is 0 Å². The van der Waals surface area contributed by atoms with E-state index in [2.05, 4.69) is 11.8 Å². The van der Waals surface area contributed by atoms with Crippen molar-refractivity contribution in [3.05, 3.63) is 17.2 Å². The summed E-state index contributed by atoms with van der Waals surface area (Å²) in [6.45, 7) is 4.11. The molecule has 1 saturated carbocycles. The van der Waals surface area contributed by atoms with Gasteiger partial charge < -0.3 is 14.6 Å². The topological polar surface area (TPSA) is 62.3 Å². The number of benzene rings is 1. The number of hydrogen-bond donors (Lipinski definition) is 1. The van der Waals surface area contributed by atoms with Gasteiger partial charge in [-0.15, -0.1) is 0 Å². The van der Waals surface area contributed by atoms with Gasteiger partial charge in [-0.25, -0.2) is 0 Å². The van der Waals surface area contributed by atoms with Crippen molar-refractivity contribution in [1.29, 1.82) is 0 Å². The highest BCUT2D eigenvalue weighted by atomic mass is 16.6. The zero-order valence-corrected chi connectivity index (χ0v) is 14.9. The SMILES string of the molecule is CCCN1CC[C@]23CC(=O)CC[C@@]2(O)[C@H]1Cc1c3cc(OC)c2c1O2. The average Bonchev–Trinajstić information content (AvgIpc) is 3.38. The molecule has 0 unspecified atom stereocenters. The molecule has 1 saturated heterocycles. The number of ether oxygens (including phenoxy) is 2. The van der Waals surface area contributed by atoms with E-state index in [9.17, 15) is 9.90 Å². The van der Waals surface area contributed by atoms with Crippen LogP contribution in [0.2, 0.25) is 0 Å². The summed E-state index contributed by atoms with van der Waals surface area (Å²) in [5, 5.41) is 11.9. The number of nitrogens with zero attached hydrogens (tertiary/aromatic N) is 1. The standard InChI is InChI=1S/C20H25NO4/c1-3-7-21-8-6-19-11-12(22)4-5-20(19,23)16(21)9-13-14(19)10-15(24-2)18-17(13)25-18/h10,16,23H,3-9,11H2,1-2H3/t16-,19-,20-/m1/s1. The third-order valence-corrected chi connectivity index (χ3v) is 7.04. The van der Waals surface area contributed by atoms with Gasteiger partial charge in [0.15, 0.2) is 11.5 Å². The summed E-state index contributed by atoms with van der Waals surface area (Å²) < 4.78 is 11.2. The van der Waals surface area contributed by atoms with E-state index in [0.29, 0.717) is 19.3 Å². The van der Waals surface area contributed by atoms with E-state index in [1.165, 1.54) is 5.56 Å². The highest BCUT2D eigenvalue weighted by Gasteiger charge is 2.65. The summed E-state index contributed by atoms with van der Waals surface area (Å²) in [7, 11) is 1.65. The van der Waals surface area contributed by atoms with Gasteiger partial charge >= 0.3 is 0 Å². The summed E-state index contributed by atoms with van der Waals surface area (Å²) in [5.41, 5.74) is 0.971. The zero-order chi connectivity index (χ0) is 17.4.